The van der Waals surface area contributed by atoms with E-state index in [-0.39, 0.29) is 23.5 Å². The highest BCUT2D eigenvalue weighted by molar-refractivity contribution is 5.79. The van der Waals surface area contributed by atoms with E-state index in [1.165, 1.54) is 6.33 Å². The van der Waals surface area contributed by atoms with E-state index >= 15 is 0 Å². The van der Waals surface area contributed by atoms with Crippen molar-refractivity contribution < 1.29 is 9.53 Å². The lowest BCUT2D eigenvalue weighted by Crippen LogP contribution is -2.44. The molecule has 0 aliphatic carbocycles. The van der Waals surface area contributed by atoms with Crippen molar-refractivity contribution in [3.8, 4) is 0 Å². The molecule has 0 aromatic carbocycles. The quantitative estimate of drug-likeness (QED) is 0.925. The van der Waals surface area contributed by atoms with Crippen molar-refractivity contribution in [1.82, 2.24) is 20.1 Å². The van der Waals surface area contributed by atoms with Crippen LogP contribution in [-0.4, -0.2) is 33.4 Å². The predicted molar refractivity (Wildman–Crippen MR) is 84.2 cm³/mol. The van der Waals surface area contributed by atoms with Crippen molar-refractivity contribution >= 4 is 5.91 Å². The van der Waals surface area contributed by atoms with Gasteiger partial charge in [-0.15, -0.1) is 0 Å². The minimum atomic E-state index is -0.148. The fraction of sp³-hybridized carbons (Fsp3) is 0.812. The van der Waals surface area contributed by atoms with Gasteiger partial charge < -0.3 is 10.1 Å². The summed E-state index contributed by atoms with van der Waals surface area (Å²) in [5.74, 6) is 1.11. The maximum atomic E-state index is 12.5. The SMILES string of the molecule is CC(C)[C@@H]1OCCC[C@@H]1C(=O)NCc1ncnn1C(C)(C)C. The molecule has 124 valence electrons. The normalized spacial score (nSPS) is 22.8. The molecule has 1 aliphatic rings. The molecular weight excluding hydrogens is 280 g/mol. The van der Waals surface area contributed by atoms with Gasteiger partial charge in [-0.2, -0.15) is 5.10 Å². The maximum Gasteiger partial charge on any atom is 0.226 e. The van der Waals surface area contributed by atoms with Crippen LogP contribution < -0.4 is 5.32 Å². The first-order valence-electron chi connectivity index (χ1n) is 8.09. The Labute approximate surface area is 132 Å². The summed E-state index contributed by atoms with van der Waals surface area (Å²) >= 11 is 0. The molecule has 1 aliphatic heterocycles. The molecule has 6 nitrogen and oxygen atoms in total. The van der Waals surface area contributed by atoms with E-state index in [0.717, 1.165) is 25.3 Å². The van der Waals surface area contributed by atoms with Crippen LogP contribution in [0.4, 0.5) is 0 Å². The second kappa shape index (κ2) is 6.77. The third-order valence-corrected chi connectivity index (χ3v) is 4.03. The van der Waals surface area contributed by atoms with Crippen molar-refractivity contribution in [2.75, 3.05) is 6.61 Å². The zero-order valence-electron chi connectivity index (χ0n) is 14.3. The molecule has 1 fully saturated rings. The molecule has 6 heteroatoms. The number of aromatic nitrogens is 3. The van der Waals surface area contributed by atoms with Crippen molar-refractivity contribution in [3.63, 3.8) is 0 Å². The highest BCUT2D eigenvalue weighted by Gasteiger charge is 2.34. The van der Waals surface area contributed by atoms with E-state index in [2.05, 4.69) is 50.0 Å². The van der Waals surface area contributed by atoms with Gasteiger partial charge in [0.25, 0.3) is 0 Å². The molecule has 0 unspecified atom stereocenters. The van der Waals surface area contributed by atoms with Gasteiger partial charge in [-0.25, -0.2) is 9.67 Å². The van der Waals surface area contributed by atoms with Crippen LogP contribution in [-0.2, 0) is 21.6 Å². The van der Waals surface area contributed by atoms with Crippen molar-refractivity contribution in [2.24, 2.45) is 11.8 Å². The fourth-order valence-corrected chi connectivity index (χ4v) is 2.98. The van der Waals surface area contributed by atoms with Crippen molar-refractivity contribution in [3.05, 3.63) is 12.2 Å². The number of carbonyl (C=O) groups is 1. The standard InChI is InChI=1S/C16H28N4O2/c1-11(2)14-12(7-6-8-22-14)15(21)17-9-13-18-10-19-20(13)16(3,4)5/h10-12,14H,6-9H2,1-5H3,(H,17,21)/t12-,14-/m0/s1. The van der Waals surface area contributed by atoms with Crippen molar-refractivity contribution in [2.45, 2.75) is 65.6 Å². The molecule has 0 saturated carbocycles. The molecular formula is C16H28N4O2. The second-order valence-corrected chi connectivity index (χ2v) is 7.30. The Morgan fingerprint density at radius 3 is 2.86 bits per heavy atom. The third-order valence-electron chi connectivity index (χ3n) is 4.03. The number of nitrogens with zero attached hydrogens (tertiary/aromatic N) is 3. The van der Waals surface area contributed by atoms with E-state index in [9.17, 15) is 4.79 Å². The van der Waals surface area contributed by atoms with Crippen LogP contribution in [0.2, 0.25) is 0 Å². The summed E-state index contributed by atoms with van der Waals surface area (Å²) in [6, 6.07) is 0. The molecule has 2 atom stereocenters. The highest BCUT2D eigenvalue weighted by Crippen LogP contribution is 2.26. The average molecular weight is 308 g/mol. The van der Waals surface area contributed by atoms with Gasteiger partial charge in [0, 0.05) is 6.61 Å². The van der Waals surface area contributed by atoms with Crippen LogP contribution in [0.15, 0.2) is 6.33 Å². The van der Waals surface area contributed by atoms with Crippen LogP contribution in [0.25, 0.3) is 0 Å². The molecule has 0 bridgehead atoms. The van der Waals surface area contributed by atoms with E-state index < -0.39 is 0 Å². The number of hydrogen-bond acceptors (Lipinski definition) is 4. The van der Waals surface area contributed by atoms with E-state index in [4.69, 9.17) is 4.74 Å². The molecule has 1 amide bonds. The van der Waals surface area contributed by atoms with Gasteiger partial charge in [0.2, 0.25) is 5.91 Å². The van der Waals surface area contributed by atoms with Crippen LogP contribution in [0.5, 0.6) is 0 Å². The summed E-state index contributed by atoms with van der Waals surface area (Å²) in [6.45, 7) is 11.6. The molecule has 1 aromatic rings. The van der Waals surface area contributed by atoms with Gasteiger partial charge in [-0.05, 0) is 39.5 Å². The zero-order chi connectivity index (χ0) is 16.3. The Balaban J connectivity index is 1.99. The zero-order valence-corrected chi connectivity index (χ0v) is 14.3. The molecule has 0 radical (unpaired) electrons. The van der Waals surface area contributed by atoms with E-state index in [1.54, 1.807) is 0 Å². The maximum absolute atomic E-state index is 12.5. The number of nitrogens with one attached hydrogen (secondary N) is 1. The van der Waals surface area contributed by atoms with Gasteiger partial charge in [-0.3, -0.25) is 4.79 Å². The smallest absolute Gasteiger partial charge is 0.226 e. The summed E-state index contributed by atoms with van der Waals surface area (Å²) in [6.07, 6.45) is 3.38. The van der Waals surface area contributed by atoms with Crippen molar-refractivity contribution in [1.29, 1.82) is 0 Å². The summed E-state index contributed by atoms with van der Waals surface area (Å²) < 4.78 is 7.65. The van der Waals surface area contributed by atoms with Crippen LogP contribution in [0, 0.1) is 11.8 Å². The Hall–Kier alpha value is -1.43. The Morgan fingerprint density at radius 2 is 2.23 bits per heavy atom. The molecule has 22 heavy (non-hydrogen) atoms. The minimum Gasteiger partial charge on any atom is -0.377 e. The lowest BCUT2D eigenvalue weighted by Gasteiger charge is -2.33. The van der Waals surface area contributed by atoms with Crippen LogP contribution in [0.1, 0.15) is 53.3 Å². The molecule has 0 spiro atoms. The summed E-state index contributed by atoms with van der Waals surface area (Å²) in [5, 5.41) is 7.26. The largest absolute Gasteiger partial charge is 0.377 e. The molecule has 1 saturated heterocycles. The number of carbonyl (C=O) groups excluding carboxylic acids is 1. The first kappa shape index (κ1) is 16.9. The lowest BCUT2D eigenvalue weighted by molar-refractivity contribution is -0.137. The van der Waals surface area contributed by atoms with Gasteiger partial charge in [0.1, 0.15) is 12.2 Å². The monoisotopic (exact) mass is 308 g/mol. The number of ether oxygens (including phenoxy) is 1. The molecule has 1 aromatic heterocycles. The van der Waals surface area contributed by atoms with Gasteiger partial charge in [-0.1, -0.05) is 13.8 Å². The fourth-order valence-electron chi connectivity index (χ4n) is 2.98. The minimum absolute atomic E-state index is 0.00855. The second-order valence-electron chi connectivity index (χ2n) is 7.30. The predicted octanol–water partition coefficient (Wildman–Crippen LogP) is 2.10. The number of amides is 1. The van der Waals surface area contributed by atoms with Crippen LogP contribution in [0.3, 0.4) is 0 Å². The summed E-state index contributed by atoms with van der Waals surface area (Å²) in [4.78, 5) is 16.8. The van der Waals surface area contributed by atoms with Gasteiger partial charge >= 0.3 is 0 Å². The molecule has 2 heterocycles. The third kappa shape index (κ3) is 3.85. The number of hydrogen-bond donors (Lipinski definition) is 1. The van der Waals surface area contributed by atoms with Crippen LogP contribution >= 0.6 is 0 Å². The topological polar surface area (TPSA) is 69.0 Å². The van der Waals surface area contributed by atoms with Gasteiger partial charge in [0.05, 0.1) is 24.1 Å². The molecule has 2 rings (SSSR count). The average Bonchev–Trinajstić information content (AvgIpc) is 2.93. The van der Waals surface area contributed by atoms with E-state index in [0.29, 0.717) is 12.5 Å². The lowest BCUT2D eigenvalue weighted by atomic mass is 9.87. The van der Waals surface area contributed by atoms with Gasteiger partial charge in [0.15, 0.2) is 0 Å². The Bertz CT molecular complexity index is 504. The molecule has 1 N–H and O–H groups in total. The first-order chi connectivity index (χ1) is 10.3. The summed E-state index contributed by atoms with van der Waals surface area (Å²) in [7, 11) is 0. The summed E-state index contributed by atoms with van der Waals surface area (Å²) in [5.41, 5.74) is -0.148. The first-order valence-corrected chi connectivity index (χ1v) is 8.09. The Kier molecular flexibility index (Phi) is 5.21. The Morgan fingerprint density at radius 1 is 1.50 bits per heavy atom. The highest BCUT2D eigenvalue weighted by atomic mass is 16.5. The van der Waals surface area contributed by atoms with E-state index in [1.807, 2.05) is 4.68 Å². The number of rotatable bonds is 4.